The van der Waals surface area contributed by atoms with Crippen LogP contribution in [0.25, 0.3) is 11.0 Å². The molecule has 1 unspecified atom stereocenters. The standard InChI is InChI=1S/C29H34N6O5/c1-7-25(36)33-11-9-21(18-33)34(12-10-26(37)40-29(2,3)4)27-24-17-32-35(28(24)31-19-30-27)13-8-20-14-22(38-5)16-23(15-20)39-6/h7,14-17,19,21H,1,9-12,18H2,2-6H3. The molecule has 0 radical (unpaired) electrons. The summed E-state index contributed by atoms with van der Waals surface area (Å²) in [4.78, 5) is 37.7. The lowest BCUT2D eigenvalue weighted by molar-refractivity contribution is -0.154. The minimum atomic E-state index is -0.586. The zero-order valence-corrected chi connectivity index (χ0v) is 23.5. The van der Waals surface area contributed by atoms with Crippen molar-refractivity contribution >= 4 is 28.7 Å². The molecular weight excluding hydrogens is 512 g/mol. The van der Waals surface area contributed by atoms with E-state index in [0.717, 1.165) is 0 Å². The summed E-state index contributed by atoms with van der Waals surface area (Å²) in [5, 5.41) is 5.13. The quantitative estimate of drug-likeness (QED) is 0.239. The van der Waals surface area contributed by atoms with E-state index in [-0.39, 0.29) is 24.3 Å². The molecule has 2 aromatic heterocycles. The Morgan fingerprint density at radius 2 is 1.90 bits per heavy atom. The number of anilines is 1. The van der Waals surface area contributed by atoms with Gasteiger partial charge in [0.1, 0.15) is 29.2 Å². The molecule has 210 valence electrons. The molecule has 1 aliphatic heterocycles. The summed E-state index contributed by atoms with van der Waals surface area (Å²) in [7, 11) is 3.16. The fourth-order valence-electron chi connectivity index (χ4n) is 4.53. The Kier molecular flexibility index (Phi) is 8.58. The van der Waals surface area contributed by atoms with E-state index in [0.29, 0.717) is 60.0 Å². The largest absolute Gasteiger partial charge is 0.497 e. The molecule has 3 heterocycles. The van der Waals surface area contributed by atoms with Crippen molar-refractivity contribution < 1.29 is 23.8 Å². The van der Waals surface area contributed by atoms with E-state index in [1.807, 2.05) is 25.7 Å². The van der Waals surface area contributed by atoms with Gasteiger partial charge in [-0.1, -0.05) is 6.58 Å². The first-order chi connectivity index (χ1) is 19.1. The number of nitrogens with zero attached hydrogens (tertiary/aromatic N) is 6. The van der Waals surface area contributed by atoms with Gasteiger partial charge >= 0.3 is 5.97 Å². The maximum Gasteiger partial charge on any atom is 0.308 e. The second-order valence-corrected chi connectivity index (χ2v) is 10.3. The van der Waals surface area contributed by atoms with Gasteiger partial charge in [-0.2, -0.15) is 9.78 Å². The van der Waals surface area contributed by atoms with E-state index in [9.17, 15) is 9.59 Å². The number of amides is 1. The van der Waals surface area contributed by atoms with Gasteiger partial charge in [0.2, 0.25) is 5.91 Å². The third-order valence-corrected chi connectivity index (χ3v) is 6.34. The molecule has 0 spiro atoms. The normalized spacial score (nSPS) is 14.8. The Morgan fingerprint density at radius 1 is 1.18 bits per heavy atom. The van der Waals surface area contributed by atoms with Gasteiger partial charge in [0.05, 0.1) is 32.2 Å². The van der Waals surface area contributed by atoms with Crippen LogP contribution in [0.4, 0.5) is 5.82 Å². The number of rotatable bonds is 8. The maximum atomic E-state index is 12.6. The molecule has 11 nitrogen and oxygen atoms in total. The summed E-state index contributed by atoms with van der Waals surface area (Å²) in [5.74, 6) is 4.51. The van der Waals surface area contributed by atoms with E-state index < -0.39 is 5.60 Å². The van der Waals surface area contributed by atoms with Crippen molar-refractivity contribution in [1.29, 1.82) is 0 Å². The van der Waals surface area contributed by atoms with Crippen LogP contribution in [-0.4, -0.2) is 82.0 Å². The van der Waals surface area contributed by atoms with Crippen LogP contribution in [-0.2, 0) is 14.3 Å². The van der Waals surface area contributed by atoms with Gasteiger partial charge in [0.15, 0.2) is 5.65 Å². The first kappa shape index (κ1) is 28.4. The number of hydrogen-bond donors (Lipinski definition) is 0. The number of fused-ring (bicyclic) bond motifs is 1. The number of methoxy groups -OCH3 is 2. The zero-order chi connectivity index (χ0) is 28.9. The predicted octanol–water partition coefficient (Wildman–Crippen LogP) is 3.03. The van der Waals surface area contributed by atoms with Gasteiger partial charge in [0.25, 0.3) is 0 Å². The van der Waals surface area contributed by atoms with Crippen molar-refractivity contribution in [3.05, 3.63) is 48.9 Å². The summed E-state index contributed by atoms with van der Waals surface area (Å²) < 4.78 is 17.7. The molecule has 4 rings (SSSR count). The third kappa shape index (κ3) is 6.69. The van der Waals surface area contributed by atoms with Crippen LogP contribution in [0.3, 0.4) is 0 Å². The molecule has 0 N–H and O–H groups in total. The Hall–Kier alpha value is -4.59. The van der Waals surface area contributed by atoms with Crippen LogP contribution in [0.2, 0.25) is 0 Å². The lowest BCUT2D eigenvalue weighted by Gasteiger charge is -2.30. The van der Waals surface area contributed by atoms with Gasteiger partial charge in [-0.05, 0) is 51.3 Å². The molecule has 3 aromatic rings. The fourth-order valence-corrected chi connectivity index (χ4v) is 4.53. The van der Waals surface area contributed by atoms with Crippen molar-refractivity contribution in [3.8, 4) is 23.5 Å². The molecule has 1 aliphatic rings. The Morgan fingerprint density at radius 3 is 2.55 bits per heavy atom. The number of hydrogen-bond acceptors (Lipinski definition) is 9. The molecule has 11 heteroatoms. The summed E-state index contributed by atoms with van der Waals surface area (Å²) in [6, 6.07) is 8.33. The van der Waals surface area contributed by atoms with Crippen LogP contribution in [0.1, 0.15) is 39.2 Å². The number of carbonyl (C=O) groups is 2. The highest BCUT2D eigenvalue weighted by atomic mass is 16.6. The van der Waals surface area contributed by atoms with Crippen LogP contribution in [0, 0.1) is 12.0 Å². The van der Waals surface area contributed by atoms with Crippen LogP contribution in [0.5, 0.6) is 11.5 Å². The average molecular weight is 547 g/mol. The lowest BCUT2D eigenvalue weighted by atomic mass is 10.1. The molecule has 1 amide bonds. The molecular formula is C29H34N6O5. The highest BCUT2D eigenvalue weighted by Gasteiger charge is 2.32. The third-order valence-electron chi connectivity index (χ3n) is 6.34. The zero-order valence-electron chi connectivity index (χ0n) is 23.5. The topological polar surface area (TPSA) is 112 Å². The number of benzene rings is 1. The molecule has 0 aliphatic carbocycles. The van der Waals surface area contributed by atoms with Crippen molar-refractivity contribution in [2.45, 2.75) is 45.3 Å². The van der Waals surface area contributed by atoms with Gasteiger partial charge < -0.3 is 24.0 Å². The van der Waals surface area contributed by atoms with Crippen molar-refractivity contribution in [2.75, 3.05) is 38.8 Å². The van der Waals surface area contributed by atoms with Gasteiger partial charge in [-0.3, -0.25) is 9.59 Å². The number of aromatic nitrogens is 4. The smallest absolute Gasteiger partial charge is 0.308 e. The predicted molar refractivity (Wildman–Crippen MR) is 150 cm³/mol. The van der Waals surface area contributed by atoms with E-state index in [2.05, 4.69) is 33.6 Å². The lowest BCUT2D eigenvalue weighted by Crippen LogP contribution is -2.41. The number of ether oxygens (including phenoxy) is 3. The van der Waals surface area contributed by atoms with Gasteiger partial charge in [-0.15, -0.1) is 0 Å². The Balaban J connectivity index is 1.66. The second-order valence-electron chi connectivity index (χ2n) is 10.3. The van der Waals surface area contributed by atoms with Crippen LogP contribution in [0.15, 0.2) is 43.4 Å². The van der Waals surface area contributed by atoms with Crippen molar-refractivity contribution in [3.63, 3.8) is 0 Å². The minimum absolute atomic E-state index is 0.0666. The van der Waals surface area contributed by atoms with E-state index in [1.54, 1.807) is 43.5 Å². The maximum absolute atomic E-state index is 12.6. The summed E-state index contributed by atoms with van der Waals surface area (Å²) in [5.41, 5.74) is 0.620. The number of carbonyl (C=O) groups excluding carboxylic acids is 2. The fraction of sp³-hybridized carbons (Fsp3) is 0.414. The molecule has 1 atom stereocenters. The number of likely N-dealkylation sites (tertiary alicyclic amines) is 1. The van der Waals surface area contributed by atoms with Crippen molar-refractivity contribution in [2.24, 2.45) is 0 Å². The number of esters is 1. The molecule has 1 fully saturated rings. The minimum Gasteiger partial charge on any atom is -0.497 e. The van der Waals surface area contributed by atoms with Crippen LogP contribution < -0.4 is 14.4 Å². The first-order valence-electron chi connectivity index (χ1n) is 13.0. The highest BCUT2D eigenvalue weighted by molar-refractivity contribution is 5.89. The molecule has 0 saturated carbocycles. The van der Waals surface area contributed by atoms with E-state index >= 15 is 0 Å². The Bertz CT molecular complexity index is 1440. The van der Waals surface area contributed by atoms with E-state index in [1.165, 1.54) is 17.1 Å². The van der Waals surface area contributed by atoms with Gasteiger partial charge in [-0.25, -0.2) is 9.97 Å². The average Bonchev–Trinajstić information content (AvgIpc) is 3.58. The van der Waals surface area contributed by atoms with Crippen molar-refractivity contribution in [1.82, 2.24) is 24.6 Å². The van der Waals surface area contributed by atoms with E-state index in [4.69, 9.17) is 14.2 Å². The summed E-state index contributed by atoms with van der Waals surface area (Å²) in [6.45, 7) is 10.5. The second kappa shape index (κ2) is 12.1. The Labute approximate surface area is 233 Å². The first-order valence-corrected chi connectivity index (χ1v) is 13.0. The molecule has 0 bridgehead atoms. The summed E-state index contributed by atoms with van der Waals surface area (Å²) in [6.07, 6.45) is 5.30. The molecule has 1 saturated heterocycles. The SMILES string of the molecule is C=CC(=O)N1CCC(N(CCC(=O)OC(C)(C)C)c2ncnc3c2cnn3C#Cc2cc(OC)cc(OC)c2)C1. The summed E-state index contributed by atoms with van der Waals surface area (Å²) >= 11 is 0. The molecule has 1 aromatic carbocycles. The highest BCUT2D eigenvalue weighted by Crippen LogP contribution is 2.28. The monoisotopic (exact) mass is 546 g/mol. The van der Waals surface area contributed by atoms with Gasteiger partial charge in [0, 0.05) is 43.4 Å². The molecule has 40 heavy (non-hydrogen) atoms. The van der Waals surface area contributed by atoms with Crippen LogP contribution >= 0.6 is 0 Å².